The summed E-state index contributed by atoms with van der Waals surface area (Å²) in [5, 5.41) is 3.81. The van der Waals surface area contributed by atoms with E-state index >= 15 is 0 Å². The van der Waals surface area contributed by atoms with Crippen LogP contribution in [0.4, 0.5) is 4.39 Å². The van der Waals surface area contributed by atoms with E-state index in [1.54, 1.807) is 29.2 Å². The number of nitrogens with zero attached hydrogens (tertiary/aromatic N) is 1. The van der Waals surface area contributed by atoms with E-state index in [1.807, 2.05) is 42.5 Å². The summed E-state index contributed by atoms with van der Waals surface area (Å²) in [6, 6.07) is 22.4. The molecule has 1 unspecified atom stereocenters. The number of benzene rings is 3. The summed E-state index contributed by atoms with van der Waals surface area (Å²) < 4.78 is 13.4. The molecule has 1 atom stereocenters. The maximum atomic E-state index is 13.7. The molecule has 0 aromatic heterocycles. The van der Waals surface area contributed by atoms with E-state index in [-0.39, 0.29) is 36.6 Å². The highest BCUT2D eigenvalue weighted by Gasteiger charge is 2.32. The van der Waals surface area contributed by atoms with Crippen molar-refractivity contribution in [2.75, 3.05) is 0 Å². The Hall–Kier alpha value is -3.18. The first-order valence-corrected chi connectivity index (χ1v) is 12.5. The number of hydrogen-bond donors (Lipinski definition) is 1. The molecule has 3 aromatic rings. The van der Waals surface area contributed by atoms with Crippen molar-refractivity contribution in [2.24, 2.45) is 0 Å². The number of amides is 2. The van der Waals surface area contributed by atoms with Crippen molar-refractivity contribution in [1.82, 2.24) is 10.2 Å². The van der Waals surface area contributed by atoms with Crippen LogP contribution < -0.4 is 5.32 Å². The molecule has 4 nitrogen and oxygen atoms in total. The molecule has 35 heavy (non-hydrogen) atoms. The molecule has 1 fully saturated rings. The molecule has 0 radical (unpaired) electrons. The Morgan fingerprint density at radius 3 is 2.17 bits per heavy atom. The third-order valence-corrected chi connectivity index (χ3v) is 6.76. The van der Waals surface area contributed by atoms with Gasteiger partial charge in [0.05, 0.1) is 6.42 Å². The van der Waals surface area contributed by atoms with Crippen LogP contribution in [0.15, 0.2) is 78.9 Å². The molecule has 182 valence electrons. The normalized spacial score (nSPS) is 14.5. The minimum atomic E-state index is -0.679. The van der Waals surface area contributed by atoms with Gasteiger partial charge >= 0.3 is 0 Å². The zero-order chi connectivity index (χ0) is 24.6. The quantitative estimate of drug-likeness (QED) is 0.415. The monoisotopic (exact) mass is 492 g/mol. The topological polar surface area (TPSA) is 49.4 Å². The van der Waals surface area contributed by atoms with Crippen LogP contribution >= 0.6 is 11.6 Å². The van der Waals surface area contributed by atoms with E-state index in [9.17, 15) is 14.0 Å². The van der Waals surface area contributed by atoms with E-state index in [2.05, 4.69) is 5.32 Å². The molecule has 0 bridgehead atoms. The van der Waals surface area contributed by atoms with E-state index < -0.39 is 6.04 Å². The fourth-order valence-corrected chi connectivity index (χ4v) is 4.71. The van der Waals surface area contributed by atoms with Crippen molar-refractivity contribution in [1.29, 1.82) is 0 Å². The molecule has 6 heteroatoms. The second-order valence-electron chi connectivity index (χ2n) is 9.15. The van der Waals surface area contributed by atoms with Gasteiger partial charge < -0.3 is 10.2 Å². The first kappa shape index (κ1) is 24.9. The van der Waals surface area contributed by atoms with Crippen LogP contribution in [0.1, 0.15) is 42.4 Å². The smallest absolute Gasteiger partial charge is 0.243 e. The molecule has 0 saturated heterocycles. The van der Waals surface area contributed by atoms with Crippen molar-refractivity contribution in [2.45, 2.75) is 57.2 Å². The Labute approximate surface area is 211 Å². The highest BCUT2D eigenvalue weighted by atomic mass is 35.5. The van der Waals surface area contributed by atoms with Crippen LogP contribution in [0.3, 0.4) is 0 Å². The highest BCUT2D eigenvalue weighted by Crippen LogP contribution is 2.21. The molecule has 0 heterocycles. The molecule has 2 amide bonds. The van der Waals surface area contributed by atoms with Gasteiger partial charge in [-0.05, 0) is 53.8 Å². The lowest BCUT2D eigenvalue weighted by Gasteiger charge is -2.32. The van der Waals surface area contributed by atoms with Gasteiger partial charge in [0.1, 0.15) is 11.9 Å². The van der Waals surface area contributed by atoms with Crippen molar-refractivity contribution < 1.29 is 14.0 Å². The first-order valence-electron chi connectivity index (χ1n) is 12.1. The average molecular weight is 493 g/mol. The highest BCUT2D eigenvalue weighted by molar-refractivity contribution is 6.30. The largest absolute Gasteiger partial charge is 0.352 e. The number of rotatable bonds is 9. The SMILES string of the molecule is O=C(NC1CCCC1)C(Cc1ccccc1)N(Cc1ccc(Cl)cc1)C(=O)Cc1ccc(F)cc1. The number of halogens is 2. The van der Waals surface area contributed by atoms with E-state index in [4.69, 9.17) is 11.6 Å². The molecule has 3 aromatic carbocycles. The summed E-state index contributed by atoms with van der Waals surface area (Å²) in [5.74, 6) is -0.673. The summed E-state index contributed by atoms with van der Waals surface area (Å²) in [4.78, 5) is 28.9. The van der Waals surface area contributed by atoms with Crippen molar-refractivity contribution in [3.8, 4) is 0 Å². The van der Waals surface area contributed by atoms with Crippen LogP contribution in [0.5, 0.6) is 0 Å². The molecule has 0 aliphatic heterocycles. The maximum Gasteiger partial charge on any atom is 0.243 e. The van der Waals surface area contributed by atoms with E-state index in [0.717, 1.165) is 36.8 Å². The average Bonchev–Trinajstić information content (AvgIpc) is 3.37. The molecule has 4 rings (SSSR count). The Morgan fingerprint density at radius 1 is 0.886 bits per heavy atom. The molecular formula is C29H30ClFN2O2. The molecule has 0 spiro atoms. The Balaban J connectivity index is 1.64. The van der Waals surface area contributed by atoms with Gasteiger partial charge in [-0.15, -0.1) is 0 Å². The van der Waals surface area contributed by atoms with Gasteiger partial charge in [-0.1, -0.05) is 79.0 Å². The summed E-state index contributed by atoms with van der Waals surface area (Å²) in [5.41, 5.74) is 2.57. The van der Waals surface area contributed by atoms with Crippen molar-refractivity contribution in [3.63, 3.8) is 0 Å². The molecule has 1 aliphatic carbocycles. The predicted octanol–water partition coefficient (Wildman–Crippen LogP) is 5.72. The summed E-state index contributed by atoms with van der Waals surface area (Å²) >= 11 is 6.07. The predicted molar refractivity (Wildman–Crippen MR) is 136 cm³/mol. The zero-order valence-corrected chi connectivity index (χ0v) is 20.4. The van der Waals surface area contributed by atoms with Gasteiger partial charge in [0.15, 0.2) is 0 Å². The van der Waals surface area contributed by atoms with E-state index in [0.29, 0.717) is 17.0 Å². The lowest BCUT2D eigenvalue weighted by Crippen LogP contribution is -2.52. The van der Waals surface area contributed by atoms with Crippen molar-refractivity contribution in [3.05, 3.63) is 106 Å². The summed E-state index contributed by atoms with van der Waals surface area (Å²) in [6.07, 6.45) is 4.62. The fraction of sp³-hybridized carbons (Fsp3) is 0.310. The Kier molecular flexibility index (Phi) is 8.54. The Morgan fingerprint density at radius 2 is 1.51 bits per heavy atom. The Bertz CT molecular complexity index is 1110. The standard InChI is InChI=1S/C29H30ClFN2O2/c30-24-14-10-23(11-15-24)20-33(28(34)19-22-12-16-25(31)17-13-22)27(18-21-6-2-1-3-7-21)29(35)32-26-8-4-5-9-26/h1-3,6-7,10-17,26-27H,4-5,8-9,18-20H2,(H,32,35). The van der Waals surface area contributed by atoms with Crippen LogP contribution in [0.2, 0.25) is 5.02 Å². The van der Waals surface area contributed by atoms with Crippen LogP contribution in [-0.2, 0) is 29.0 Å². The molecule has 1 N–H and O–H groups in total. The molecule has 1 saturated carbocycles. The first-order chi connectivity index (χ1) is 17.0. The van der Waals surface area contributed by atoms with Gasteiger partial charge in [-0.2, -0.15) is 0 Å². The second-order valence-corrected chi connectivity index (χ2v) is 9.58. The van der Waals surface area contributed by atoms with Gasteiger partial charge in [-0.25, -0.2) is 4.39 Å². The number of carbonyl (C=O) groups is 2. The minimum Gasteiger partial charge on any atom is -0.352 e. The molecular weight excluding hydrogens is 463 g/mol. The van der Waals surface area contributed by atoms with Gasteiger partial charge in [-0.3, -0.25) is 9.59 Å². The van der Waals surface area contributed by atoms with Gasteiger partial charge in [0.2, 0.25) is 11.8 Å². The third-order valence-electron chi connectivity index (χ3n) is 6.51. The van der Waals surface area contributed by atoms with Crippen LogP contribution in [0, 0.1) is 5.82 Å². The number of nitrogens with one attached hydrogen (secondary N) is 1. The summed E-state index contributed by atoms with van der Waals surface area (Å²) in [7, 11) is 0. The zero-order valence-electron chi connectivity index (χ0n) is 19.6. The van der Waals surface area contributed by atoms with Crippen LogP contribution in [-0.4, -0.2) is 28.8 Å². The van der Waals surface area contributed by atoms with Crippen LogP contribution in [0.25, 0.3) is 0 Å². The lowest BCUT2D eigenvalue weighted by molar-refractivity contribution is -0.141. The number of carbonyl (C=O) groups excluding carboxylic acids is 2. The van der Waals surface area contributed by atoms with Gasteiger partial charge in [0, 0.05) is 24.0 Å². The maximum absolute atomic E-state index is 13.7. The summed E-state index contributed by atoms with van der Waals surface area (Å²) in [6.45, 7) is 0.271. The third kappa shape index (κ3) is 7.15. The number of hydrogen-bond acceptors (Lipinski definition) is 2. The lowest BCUT2D eigenvalue weighted by atomic mass is 10.0. The fourth-order valence-electron chi connectivity index (χ4n) is 4.59. The molecule has 1 aliphatic rings. The van der Waals surface area contributed by atoms with Crippen molar-refractivity contribution >= 4 is 23.4 Å². The second kappa shape index (κ2) is 12.0. The van der Waals surface area contributed by atoms with E-state index in [1.165, 1.54) is 12.1 Å². The van der Waals surface area contributed by atoms with Gasteiger partial charge in [0.25, 0.3) is 0 Å². The minimum absolute atomic E-state index is 0.0792.